The molecule has 0 unspecified atom stereocenters. The number of rotatable bonds is 5. The van der Waals surface area contributed by atoms with Gasteiger partial charge in [0.15, 0.2) is 0 Å². The SMILES string of the molecule is COc1ccc(CN2C[C@H](O)C[C@H]2c2nc(-c3ccc(F)cc3)no2)c2ccccc12. The van der Waals surface area contributed by atoms with Crippen molar-refractivity contribution in [2.75, 3.05) is 13.7 Å². The fourth-order valence-electron chi connectivity index (χ4n) is 4.27. The number of benzene rings is 3. The van der Waals surface area contributed by atoms with E-state index in [9.17, 15) is 9.50 Å². The van der Waals surface area contributed by atoms with Gasteiger partial charge in [0.1, 0.15) is 11.6 Å². The molecule has 4 aromatic rings. The number of aliphatic hydroxyl groups excluding tert-OH is 1. The van der Waals surface area contributed by atoms with Gasteiger partial charge in [-0.3, -0.25) is 4.90 Å². The summed E-state index contributed by atoms with van der Waals surface area (Å²) in [6.07, 6.45) is 0.0368. The third-order valence-corrected chi connectivity index (χ3v) is 5.78. The smallest absolute Gasteiger partial charge is 0.244 e. The van der Waals surface area contributed by atoms with Gasteiger partial charge in [-0.1, -0.05) is 35.5 Å². The quantitative estimate of drug-likeness (QED) is 0.519. The third kappa shape index (κ3) is 3.78. The van der Waals surface area contributed by atoms with Gasteiger partial charge in [-0.15, -0.1) is 0 Å². The van der Waals surface area contributed by atoms with E-state index in [0.717, 1.165) is 22.1 Å². The lowest BCUT2D eigenvalue weighted by Gasteiger charge is -2.22. The first-order valence-corrected chi connectivity index (χ1v) is 10.2. The zero-order chi connectivity index (χ0) is 21.4. The van der Waals surface area contributed by atoms with Crippen molar-refractivity contribution in [1.82, 2.24) is 15.0 Å². The molecule has 1 aromatic heterocycles. The van der Waals surface area contributed by atoms with Gasteiger partial charge in [-0.05, 0) is 47.7 Å². The number of β-amino-alcohol motifs (C(OH)–C–C–N with tert-alkyl or cyclic N) is 1. The summed E-state index contributed by atoms with van der Waals surface area (Å²) in [4.78, 5) is 6.69. The molecule has 1 aliphatic heterocycles. The van der Waals surface area contributed by atoms with Crippen LogP contribution in [0.5, 0.6) is 5.75 Å². The molecule has 0 saturated carbocycles. The highest BCUT2D eigenvalue weighted by Crippen LogP contribution is 2.36. The molecule has 0 aliphatic carbocycles. The molecular formula is C24H22FN3O3. The van der Waals surface area contributed by atoms with Crippen molar-refractivity contribution in [2.45, 2.75) is 25.1 Å². The number of aliphatic hydroxyl groups is 1. The molecular weight excluding hydrogens is 397 g/mol. The minimum absolute atomic E-state index is 0.197. The number of hydrogen-bond acceptors (Lipinski definition) is 6. The molecule has 5 rings (SSSR count). The summed E-state index contributed by atoms with van der Waals surface area (Å²) >= 11 is 0. The van der Waals surface area contributed by atoms with Crippen molar-refractivity contribution in [3.63, 3.8) is 0 Å². The minimum Gasteiger partial charge on any atom is -0.496 e. The topological polar surface area (TPSA) is 71.6 Å². The lowest BCUT2D eigenvalue weighted by atomic mass is 10.0. The molecule has 1 fully saturated rings. The lowest BCUT2D eigenvalue weighted by molar-refractivity contribution is 0.169. The summed E-state index contributed by atoms with van der Waals surface area (Å²) in [7, 11) is 1.67. The Labute approximate surface area is 178 Å². The number of fused-ring (bicyclic) bond motifs is 1. The van der Waals surface area contributed by atoms with Crippen LogP contribution in [0.2, 0.25) is 0 Å². The molecule has 31 heavy (non-hydrogen) atoms. The van der Waals surface area contributed by atoms with Crippen molar-refractivity contribution in [3.8, 4) is 17.1 Å². The predicted octanol–water partition coefficient (Wildman–Crippen LogP) is 4.35. The van der Waals surface area contributed by atoms with E-state index in [1.54, 1.807) is 19.2 Å². The second-order valence-electron chi connectivity index (χ2n) is 7.77. The zero-order valence-corrected chi connectivity index (χ0v) is 17.0. The Morgan fingerprint density at radius 1 is 1.10 bits per heavy atom. The predicted molar refractivity (Wildman–Crippen MR) is 114 cm³/mol. The van der Waals surface area contributed by atoms with Crippen LogP contribution in [0, 0.1) is 5.82 Å². The molecule has 6 nitrogen and oxygen atoms in total. The van der Waals surface area contributed by atoms with Crippen LogP contribution in [0.25, 0.3) is 22.2 Å². The van der Waals surface area contributed by atoms with Gasteiger partial charge in [0.05, 0.1) is 19.3 Å². The van der Waals surface area contributed by atoms with Crippen LogP contribution in [0.3, 0.4) is 0 Å². The number of ether oxygens (including phenoxy) is 1. The summed E-state index contributed by atoms with van der Waals surface area (Å²) in [5.41, 5.74) is 1.82. The summed E-state index contributed by atoms with van der Waals surface area (Å²) in [6.45, 7) is 1.14. The van der Waals surface area contributed by atoms with E-state index in [0.29, 0.717) is 36.8 Å². The normalized spacial score (nSPS) is 19.2. The Balaban J connectivity index is 1.44. The number of nitrogens with zero attached hydrogens (tertiary/aromatic N) is 3. The van der Waals surface area contributed by atoms with Gasteiger partial charge in [0, 0.05) is 24.0 Å². The number of hydrogen-bond donors (Lipinski definition) is 1. The number of likely N-dealkylation sites (tertiary alicyclic amines) is 1. The van der Waals surface area contributed by atoms with Crippen LogP contribution in [-0.2, 0) is 6.54 Å². The van der Waals surface area contributed by atoms with Gasteiger partial charge in [0.2, 0.25) is 11.7 Å². The lowest BCUT2D eigenvalue weighted by Crippen LogP contribution is -2.24. The van der Waals surface area contributed by atoms with Crippen LogP contribution in [-0.4, -0.2) is 39.9 Å². The Morgan fingerprint density at radius 3 is 2.65 bits per heavy atom. The molecule has 0 spiro atoms. The van der Waals surface area contributed by atoms with Crippen LogP contribution in [0.15, 0.2) is 65.2 Å². The van der Waals surface area contributed by atoms with Gasteiger partial charge in [-0.25, -0.2) is 4.39 Å². The second kappa shape index (κ2) is 8.09. The maximum Gasteiger partial charge on any atom is 0.244 e. The minimum atomic E-state index is -0.476. The van der Waals surface area contributed by atoms with Crippen molar-refractivity contribution in [2.24, 2.45) is 0 Å². The van der Waals surface area contributed by atoms with Gasteiger partial charge in [0.25, 0.3) is 0 Å². The zero-order valence-electron chi connectivity index (χ0n) is 17.0. The third-order valence-electron chi connectivity index (χ3n) is 5.78. The second-order valence-corrected chi connectivity index (χ2v) is 7.77. The fraction of sp³-hybridized carbons (Fsp3) is 0.250. The van der Waals surface area contributed by atoms with Crippen LogP contribution < -0.4 is 4.74 Å². The monoisotopic (exact) mass is 419 g/mol. The van der Waals surface area contributed by atoms with Gasteiger partial charge < -0.3 is 14.4 Å². The Bertz CT molecular complexity index is 1210. The summed E-state index contributed by atoms with van der Waals surface area (Å²) in [5, 5.41) is 16.6. The van der Waals surface area contributed by atoms with Crippen LogP contribution >= 0.6 is 0 Å². The molecule has 0 amide bonds. The van der Waals surface area contributed by atoms with Crippen molar-refractivity contribution >= 4 is 10.8 Å². The number of halogens is 1. The number of aromatic nitrogens is 2. The van der Waals surface area contributed by atoms with Crippen LogP contribution in [0.4, 0.5) is 4.39 Å². The first kappa shape index (κ1) is 19.7. The molecule has 7 heteroatoms. The van der Waals surface area contributed by atoms with Gasteiger partial charge >= 0.3 is 0 Å². The highest BCUT2D eigenvalue weighted by atomic mass is 19.1. The molecule has 3 aromatic carbocycles. The van der Waals surface area contributed by atoms with Crippen molar-refractivity contribution in [1.29, 1.82) is 0 Å². The van der Waals surface area contributed by atoms with Crippen molar-refractivity contribution in [3.05, 3.63) is 77.9 Å². The van der Waals surface area contributed by atoms with E-state index in [1.165, 1.54) is 12.1 Å². The molecule has 0 bridgehead atoms. The molecule has 158 valence electrons. The summed E-state index contributed by atoms with van der Waals surface area (Å²) in [5.74, 6) is 1.38. The average molecular weight is 419 g/mol. The first-order valence-electron chi connectivity index (χ1n) is 10.2. The molecule has 2 atom stereocenters. The van der Waals surface area contributed by atoms with E-state index in [4.69, 9.17) is 9.26 Å². The van der Waals surface area contributed by atoms with Crippen molar-refractivity contribution < 1.29 is 18.8 Å². The maximum atomic E-state index is 13.2. The van der Waals surface area contributed by atoms with E-state index >= 15 is 0 Å². The highest BCUT2D eigenvalue weighted by molar-refractivity contribution is 5.91. The van der Waals surface area contributed by atoms with E-state index in [-0.39, 0.29) is 11.9 Å². The molecule has 2 heterocycles. The Hall–Kier alpha value is -3.29. The van der Waals surface area contributed by atoms with E-state index < -0.39 is 6.10 Å². The highest BCUT2D eigenvalue weighted by Gasteiger charge is 2.36. The van der Waals surface area contributed by atoms with E-state index in [2.05, 4.69) is 27.2 Å². The Morgan fingerprint density at radius 2 is 1.87 bits per heavy atom. The number of methoxy groups -OCH3 is 1. The van der Waals surface area contributed by atoms with Gasteiger partial charge in [-0.2, -0.15) is 4.98 Å². The molecule has 1 N–H and O–H groups in total. The fourth-order valence-corrected chi connectivity index (χ4v) is 4.27. The molecule has 1 aliphatic rings. The average Bonchev–Trinajstić information content (AvgIpc) is 3.41. The maximum absolute atomic E-state index is 13.2. The molecule has 1 saturated heterocycles. The van der Waals surface area contributed by atoms with E-state index in [1.807, 2.05) is 24.3 Å². The largest absolute Gasteiger partial charge is 0.496 e. The first-order chi connectivity index (χ1) is 15.1. The summed E-state index contributed by atoms with van der Waals surface area (Å²) < 4.78 is 24.3. The summed E-state index contributed by atoms with van der Waals surface area (Å²) in [6, 6.07) is 17.9. The Kier molecular flexibility index (Phi) is 5.13. The standard InChI is InChI=1S/C24H22FN3O3/c1-30-22-11-8-16(19-4-2-3-5-20(19)22)13-28-14-18(29)12-21(28)24-26-23(27-31-24)15-6-9-17(25)10-7-15/h2-11,18,21,29H,12-14H2,1H3/t18-,21+/m1/s1. The molecule has 0 radical (unpaired) electrons. The van der Waals surface area contributed by atoms with Crippen LogP contribution in [0.1, 0.15) is 23.9 Å².